The van der Waals surface area contributed by atoms with Crippen molar-refractivity contribution in [3.05, 3.63) is 36.0 Å². The third-order valence-corrected chi connectivity index (χ3v) is 3.77. The molecule has 2 heteroatoms. The molecule has 0 aliphatic heterocycles. The number of carbonyl (C=O) groups excluding carboxylic acids is 1. The van der Waals surface area contributed by atoms with Gasteiger partial charge < -0.3 is 4.57 Å². The van der Waals surface area contributed by atoms with Crippen LogP contribution in [0.5, 0.6) is 0 Å². The summed E-state index contributed by atoms with van der Waals surface area (Å²) in [5.41, 5.74) is 2.40. The maximum atomic E-state index is 12.1. The summed E-state index contributed by atoms with van der Waals surface area (Å²) in [6.45, 7) is 2.10. The molecular formula is C15H17NO. The predicted octanol–water partition coefficient (Wildman–Crippen LogP) is 3.63. The van der Waals surface area contributed by atoms with Crippen LogP contribution in [0, 0.1) is 6.92 Å². The van der Waals surface area contributed by atoms with Crippen molar-refractivity contribution in [2.75, 3.05) is 0 Å². The highest BCUT2D eigenvalue weighted by Crippen LogP contribution is 2.31. The fourth-order valence-electron chi connectivity index (χ4n) is 2.96. The van der Waals surface area contributed by atoms with Gasteiger partial charge in [0.25, 0.3) is 0 Å². The average molecular weight is 227 g/mol. The summed E-state index contributed by atoms with van der Waals surface area (Å²) in [4.78, 5) is 12.1. The van der Waals surface area contributed by atoms with E-state index in [-0.39, 0.29) is 6.04 Å². The van der Waals surface area contributed by atoms with Crippen molar-refractivity contribution in [2.45, 2.75) is 38.6 Å². The van der Waals surface area contributed by atoms with Crippen LogP contribution in [0.25, 0.3) is 10.9 Å². The highest BCUT2D eigenvalue weighted by molar-refractivity contribution is 5.88. The monoisotopic (exact) mass is 227 g/mol. The fourth-order valence-corrected chi connectivity index (χ4v) is 2.96. The van der Waals surface area contributed by atoms with Crippen molar-refractivity contribution in [1.82, 2.24) is 4.57 Å². The molecule has 17 heavy (non-hydrogen) atoms. The Morgan fingerprint density at radius 2 is 2.06 bits per heavy atom. The molecule has 1 fully saturated rings. The highest BCUT2D eigenvalue weighted by Gasteiger charge is 2.25. The summed E-state index contributed by atoms with van der Waals surface area (Å²) in [5.74, 6) is 0.403. The molecule has 0 N–H and O–H groups in total. The van der Waals surface area contributed by atoms with Gasteiger partial charge in [0.05, 0.1) is 6.04 Å². The van der Waals surface area contributed by atoms with Gasteiger partial charge >= 0.3 is 0 Å². The minimum absolute atomic E-state index is 0.0728. The molecule has 3 rings (SSSR count). The molecule has 1 heterocycles. The maximum Gasteiger partial charge on any atom is 0.155 e. The number of hydrogen-bond acceptors (Lipinski definition) is 1. The Bertz CT molecular complexity index is 567. The second kappa shape index (κ2) is 4.02. The molecular weight excluding hydrogens is 210 g/mol. The van der Waals surface area contributed by atoms with E-state index in [1.165, 1.54) is 23.0 Å². The molecule has 1 aromatic heterocycles. The lowest BCUT2D eigenvalue weighted by Crippen LogP contribution is -2.23. The number of rotatable bonds is 1. The van der Waals surface area contributed by atoms with Crippen molar-refractivity contribution < 1.29 is 4.79 Å². The standard InChI is InChI=1S/C15H17NO/c1-11-10-12-6-2-3-7-13(12)16(11)14-8-4-5-9-15(14)17/h2-3,6-7,10,14H,4-5,8-9H2,1H3. The number of ketones is 1. The molecule has 0 bridgehead atoms. The van der Waals surface area contributed by atoms with E-state index in [1.54, 1.807) is 0 Å². The van der Waals surface area contributed by atoms with Crippen LogP contribution >= 0.6 is 0 Å². The zero-order chi connectivity index (χ0) is 11.8. The summed E-state index contributed by atoms with van der Waals surface area (Å²) in [5, 5.41) is 1.24. The van der Waals surface area contributed by atoms with Crippen LogP contribution < -0.4 is 0 Å². The van der Waals surface area contributed by atoms with Crippen LogP contribution in [-0.4, -0.2) is 10.4 Å². The minimum atomic E-state index is 0.0728. The Morgan fingerprint density at radius 3 is 2.88 bits per heavy atom. The number of benzene rings is 1. The Balaban J connectivity index is 2.15. The topological polar surface area (TPSA) is 22.0 Å². The summed E-state index contributed by atoms with van der Waals surface area (Å²) in [7, 11) is 0. The lowest BCUT2D eigenvalue weighted by Gasteiger charge is -2.24. The molecule has 1 aromatic carbocycles. The van der Waals surface area contributed by atoms with Gasteiger partial charge in [0, 0.05) is 17.6 Å². The van der Waals surface area contributed by atoms with Crippen LogP contribution in [-0.2, 0) is 4.79 Å². The van der Waals surface area contributed by atoms with Gasteiger partial charge in [-0.1, -0.05) is 24.6 Å². The SMILES string of the molecule is Cc1cc2ccccc2n1C1CCCCC1=O. The highest BCUT2D eigenvalue weighted by atomic mass is 16.1. The summed E-state index contributed by atoms with van der Waals surface area (Å²) in [6, 6.07) is 10.6. The number of Topliss-reactive ketones (excluding diaryl/α,β-unsaturated/α-hetero) is 1. The third-order valence-electron chi connectivity index (χ3n) is 3.77. The van der Waals surface area contributed by atoms with Crippen LogP contribution in [0.1, 0.15) is 37.4 Å². The zero-order valence-corrected chi connectivity index (χ0v) is 10.1. The lowest BCUT2D eigenvalue weighted by atomic mass is 9.93. The third kappa shape index (κ3) is 1.68. The van der Waals surface area contributed by atoms with E-state index in [9.17, 15) is 4.79 Å². The number of para-hydroxylation sites is 1. The second-order valence-corrected chi connectivity index (χ2v) is 4.94. The molecule has 0 saturated heterocycles. The first kappa shape index (κ1) is 10.6. The molecule has 0 spiro atoms. The second-order valence-electron chi connectivity index (χ2n) is 4.94. The van der Waals surface area contributed by atoms with Crippen molar-refractivity contribution in [3.63, 3.8) is 0 Å². The van der Waals surface area contributed by atoms with E-state index >= 15 is 0 Å². The normalized spacial score (nSPS) is 21.0. The summed E-state index contributed by atoms with van der Waals surface area (Å²) in [6.07, 6.45) is 3.98. The minimum Gasteiger partial charge on any atom is -0.334 e. The quantitative estimate of drug-likeness (QED) is 0.729. The fraction of sp³-hybridized carbons (Fsp3) is 0.400. The van der Waals surface area contributed by atoms with Crippen molar-refractivity contribution in [3.8, 4) is 0 Å². The number of nitrogens with zero attached hydrogens (tertiary/aromatic N) is 1. The summed E-state index contributed by atoms with van der Waals surface area (Å²) >= 11 is 0. The summed E-state index contributed by atoms with van der Waals surface area (Å²) < 4.78 is 2.23. The molecule has 1 unspecified atom stereocenters. The Hall–Kier alpha value is -1.57. The van der Waals surface area contributed by atoms with Crippen molar-refractivity contribution in [1.29, 1.82) is 0 Å². The van der Waals surface area contributed by atoms with Crippen molar-refractivity contribution in [2.24, 2.45) is 0 Å². The molecule has 1 atom stereocenters. The Kier molecular flexibility index (Phi) is 2.50. The Labute approximate surface area is 101 Å². The molecule has 1 aliphatic carbocycles. The lowest BCUT2D eigenvalue weighted by molar-refractivity contribution is -0.123. The maximum absolute atomic E-state index is 12.1. The van der Waals surface area contributed by atoms with Gasteiger partial charge in [-0.25, -0.2) is 0 Å². The molecule has 1 aliphatic rings. The zero-order valence-electron chi connectivity index (χ0n) is 10.1. The number of fused-ring (bicyclic) bond motifs is 1. The van der Waals surface area contributed by atoms with E-state index < -0.39 is 0 Å². The van der Waals surface area contributed by atoms with Gasteiger partial charge in [-0.2, -0.15) is 0 Å². The number of aryl methyl sites for hydroxylation is 1. The molecule has 2 nitrogen and oxygen atoms in total. The predicted molar refractivity (Wildman–Crippen MR) is 69.2 cm³/mol. The van der Waals surface area contributed by atoms with Crippen LogP contribution in [0.2, 0.25) is 0 Å². The van der Waals surface area contributed by atoms with E-state index in [4.69, 9.17) is 0 Å². The van der Waals surface area contributed by atoms with E-state index in [0.717, 1.165) is 19.3 Å². The van der Waals surface area contributed by atoms with Crippen molar-refractivity contribution >= 4 is 16.7 Å². The van der Waals surface area contributed by atoms with Crippen LogP contribution in [0.15, 0.2) is 30.3 Å². The van der Waals surface area contributed by atoms with Gasteiger partial charge in [0.2, 0.25) is 0 Å². The smallest absolute Gasteiger partial charge is 0.155 e. The first-order valence-corrected chi connectivity index (χ1v) is 6.36. The Morgan fingerprint density at radius 1 is 1.24 bits per heavy atom. The first-order chi connectivity index (χ1) is 8.27. The molecule has 88 valence electrons. The molecule has 0 radical (unpaired) electrons. The van der Waals surface area contributed by atoms with Crippen LogP contribution in [0.3, 0.4) is 0 Å². The van der Waals surface area contributed by atoms with Gasteiger partial charge in [-0.15, -0.1) is 0 Å². The molecule has 0 amide bonds. The van der Waals surface area contributed by atoms with Gasteiger partial charge in [-0.05, 0) is 37.3 Å². The van der Waals surface area contributed by atoms with Gasteiger partial charge in [0.15, 0.2) is 5.78 Å². The number of hydrogen-bond donors (Lipinski definition) is 0. The average Bonchev–Trinajstić information content (AvgIpc) is 2.66. The number of aromatic nitrogens is 1. The van der Waals surface area contributed by atoms with E-state index in [2.05, 4.69) is 35.8 Å². The molecule has 2 aromatic rings. The van der Waals surface area contributed by atoms with Gasteiger partial charge in [0.1, 0.15) is 0 Å². The number of carbonyl (C=O) groups is 1. The van der Waals surface area contributed by atoms with E-state index in [0.29, 0.717) is 5.78 Å². The van der Waals surface area contributed by atoms with Crippen LogP contribution in [0.4, 0.5) is 0 Å². The largest absolute Gasteiger partial charge is 0.334 e. The van der Waals surface area contributed by atoms with E-state index in [1.807, 2.05) is 6.07 Å². The first-order valence-electron chi connectivity index (χ1n) is 6.36. The molecule has 1 saturated carbocycles. The van der Waals surface area contributed by atoms with Gasteiger partial charge in [-0.3, -0.25) is 4.79 Å².